The second-order valence-corrected chi connectivity index (χ2v) is 5.68. The predicted molar refractivity (Wildman–Crippen MR) is 78.7 cm³/mol. The maximum atomic E-state index is 8.83. The summed E-state index contributed by atoms with van der Waals surface area (Å²) in [6.45, 7) is 4.53. The minimum Gasteiger partial charge on any atom is -0.307 e. The first-order valence-electron chi connectivity index (χ1n) is 7.50. The molecule has 19 heavy (non-hydrogen) atoms. The van der Waals surface area contributed by atoms with Crippen LogP contribution in [0.3, 0.4) is 0 Å². The van der Waals surface area contributed by atoms with E-state index < -0.39 is 0 Å². The number of hydrogen-bond donors (Lipinski definition) is 1. The van der Waals surface area contributed by atoms with Gasteiger partial charge in [0.2, 0.25) is 0 Å². The first-order valence-corrected chi connectivity index (χ1v) is 7.50. The lowest BCUT2D eigenvalue weighted by atomic mass is 9.82. The average Bonchev–Trinajstić information content (AvgIpc) is 2.48. The Morgan fingerprint density at radius 3 is 2.58 bits per heavy atom. The second kappa shape index (κ2) is 6.73. The van der Waals surface area contributed by atoms with Gasteiger partial charge in [-0.25, -0.2) is 0 Å². The molecule has 2 heteroatoms. The van der Waals surface area contributed by atoms with Crippen LogP contribution in [0.15, 0.2) is 24.3 Å². The minimum atomic E-state index is 0.366. The molecule has 102 valence electrons. The van der Waals surface area contributed by atoms with E-state index in [4.69, 9.17) is 5.26 Å². The van der Waals surface area contributed by atoms with E-state index in [9.17, 15) is 0 Å². The summed E-state index contributed by atoms with van der Waals surface area (Å²) in [7, 11) is 0. The lowest BCUT2D eigenvalue weighted by Gasteiger charge is -2.34. The first-order chi connectivity index (χ1) is 9.24. The van der Waals surface area contributed by atoms with Crippen molar-refractivity contribution in [2.24, 2.45) is 5.92 Å². The van der Waals surface area contributed by atoms with Crippen molar-refractivity contribution < 1.29 is 0 Å². The average molecular weight is 256 g/mol. The van der Waals surface area contributed by atoms with Crippen LogP contribution in [0.25, 0.3) is 0 Å². The molecular weight excluding hydrogens is 232 g/mol. The number of nitrogens with one attached hydrogen (secondary N) is 1. The monoisotopic (exact) mass is 256 g/mol. The Morgan fingerprint density at radius 1 is 1.26 bits per heavy atom. The maximum Gasteiger partial charge on any atom is 0.0991 e. The van der Waals surface area contributed by atoms with Crippen LogP contribution in [0.4, 0.5) is 0 Å². The van der Waals surface area contributed by atoms with Crippen LogP contribution in [0.2, 0.25) is 0 Å². The highest BCUT2D eigenvalue weighted by Crippen LogP contribution is 2.28. The molecule has 1 fully saturated rings. The fourth-order valence-electron chi connectivity index (χ4n) is 3.18. The molecule has 0 saturated heterocycles. The topological polar surface area (TPSA) is 35.8 Å². The Kier molecular flexibility index (Phi) is 4.99. The van der Waals surface area contributed by atoms with E-state index in [-0.39, 0.29) is 0 Å². The van der Waals surface area contributed by atoms with Gasteiger partial charge in [0.15, 0.2) is 0 Å². The van der Waals surface area contributed by atoms with Crippen LogP contribution in [-0.4, -0.2) is 6.04 Å². The fourth-order valence-corrected chi connectivity index (χ4v) is 3.18. The molecule has 1 aromatic carbocycles. The summed E-state index contributed by atoms with van der Waals surface area (Å²) in [4.78, 5) is 0. The molecular formula is C17H24N2. The van der Waals surface area contributed by atoms with Gasteiger partial charge >= 0.3 is 0 Å². The van der Waals surface area contributed by atoms with E-state index in [2.05, 4.69) is 37.4 Å². The molecule has 0 aliphatic heterocycles. The molecule has 1 aliphatic carbocycles. The van der Waals surface area contributed by atoms with Crippen molar-refractivity contribution >= 4 is 0 Å². The van der Waals surface area contributed by atoms with Crippen molar-refractivity contribution in [3.8, 4) is 6.07 Å². The summed E-state index contributed by atoms with van der Waals surface area (Å²) in [6.07, 6.45) is 6.70. The van der Waals surface area contributed by atoms with E-state index in [1.807, 2.05) is 12.1 Å². The smallest absolute Gasteiger partial charge is 0.0991 e. The molecule has 0 aromatic heterocycles. The van der Waals surface area contributed by atoms with Crippen molar-refractivity contribution in [2.75, 3.05) is 0 Å². The number of hydrogen-bond acceptors (Lipinski definition) is 2. The van der Waals surface area contributed by atoms with E-state index in [1.54, 1.807) is 0 Å². The largest absolute Gasteiger partial charge is 0.307 e. The molecule has 2 rings (SSSR count). The van der Waals surface area contributed by atoms with Gasteiger partial charge in [0.05, 0.1) is 11.6 Å². The normalized spacial score (nSPS) is 24.7. The molecule has 1 saturated carbocycles. The number of nitriles is 1. The minimum absolute atomic E-state index is 0.366. The maximum absolute atomic E-state index is 8.83. The summed E-state index contributed by atoms with van der Waals surface area (Å²) in [6, 6.07) is 11.1. The standard InChI is InChI=1S/C17H24N2/c1-3-15-6-4-5-7-17(15)19-13(2)16-10-8-14(12-18)9-11-16/h8-11,13,15,17,19H,3-7H2,1-2H3. The Bertz CT molecular complexity index is 430. The summed E-state index contributed by atoms with van der Waals surface area (Å²) in [5, 5.41) is 12.6. The fraction of sp³-hybridized carbons (Fsp3) is 0.588. The van der Waals surface area contributed by atoms with Gasteiger partial charge in [0, 0.05) is 12.1 Å². The van der Waals surface area contributed by atoms with Crippen LogP contribution in [-0.2, 0) is 0 Å². The quantitative estimate of drug-likeness (QED) is 0.877. The SMILES string of the molecule is CCC1CCCCC1NC(C)c1ccc(C#N)cc1. The van der Waals surface area contributed by atoms with Gasteiger partial charge < -0.3 is 5.32 Å². The van der Waals surface area contributed by atoms with Gasteiger partial charge in [0.25, 0.3) is 0 Å². The number of rotatable bonds is 4. The first kappa shape index (κ1) is 14.1. The van der Waals surface area contributed by atoms with E-state index in [0.717, 1.165) is 11.5 Å². The highest BCUT2D eigenvalue weighted by Gasteiger charge is 2.24. The van der Waals surface area contributed by atoms with Gasteiger partial charge in [-0.15, -0.1) is 0 Å². The lowest BCUT2D eigenvalue weighted by Crippen LogP contribution is -2.39. The zero-order valence-corrected chi connectivity index (χ0v) is 12.0. The second-order valence-electron chi connectivity index (χ2n) is 5.68. The summed E-state index contributed by atoms with van der Waals surface area (Å²) < 4.78 is 0. The number of nitrogens with zero attached hydrogens (tertiary/aromatic N) is 1. The van der Waals surface area contributed by atoms with E-state index >= 15 is 0 Å². The molecule has 0 radical (unpaired) electrons. The van der Waals surface area contributed by atoms with Crippen molar-refractivity contribution in [2.45, 2.75) is 58.0 Å². The Balaban J connectivity index is 1.99. The highest BCUT2D eigenvalue weighted by atomic mass is 15.0. The Hall–Kier alpha value is -1.33. The predicted octanol–water partition coefficient (Wildman–Crippen LogP) is 4.18. The Labute approximate surface area is 116 Å². The summed E-state index contributed by atoms with van der Waals surface area (Å²) >= 11 is 0. The molecule has 0 bridgehead atoms. The van der Waals surface area contributed by atoms with E-state index in [0.29, 0.717) is 12.1 Å². The summed E-state index contributed by atoms with van der Waals surface area (Å²) in [5.41, 5.74) is 2.01. The van der Waals surface area contributed by atoms with Crippen LogP contribution >= 0.6 is 0 Å². The van der Waals surface area contributed by atoms with Gasteiger partial charge in [-0.1, -0.05) is 38.3 Å². The molecule has 2 nitrogen and oxygen atoms in total. The molecule has 3 unspecified atom stereocenters. The van der Waals surface area contributed by atoms with Crippen molar-refractivity contribution in [1.82, 2.24) is 5.32 Å². The van der Waals surface area contributed by atoms with E-state index in [1.165, 1.54) is 37.7 Å². The molecule has 0 amide bonds. The molecule has 0 spiro atoms. The van der Waals surface area contributed by atoms with Crippen molar-refractivity contribution in [1.29, 1.82) is 5.26 Å². The zero-order valence-electron chi connectivity index (χ0n) is 12.0. The van der Waals surface area contributed by atoms with Crippen molar-refractivity contribution in [3.05, 3.63) is 35.4 Å². The van der Waals surface area contributed by atoms with Crippen LogP contribution in [0.5, 0.6) is 0 Å². The van der Waals surface area contributed by atoms with Crippen LogP contribution < -0.4 is 5.32 Å². The van der Waals surface area contributed by atoms with Gasteiger partial charge in [-0.3, -0.25) is 0 Å². The summed E-state index contributed by atoms with van der Waals surface area (Å²) in [5.74, 6) is 0.828. The molecule has 1 N–H and O–H groups in total. The van der Waals surface area contributed by atoms with Gasteiger partial charge in [-0.05, 0) is 43.4 Å². The molecule has 0 heterocycles. The van der Waals surface area contributed by atoms with Crippen LogP contribution in [0.1, 0.15) is 63.1 Å². The third kappa shape index (κ3) is 3.58. The Morgan fingerprint density at radius 2 is 1.95 bits per heavy atom. The van der Waals surface area contributed by atoms with Gasteiger partial charge in [0.1, 0.15) is 0 Å². The van der Waals surface area contributed by atoms with Crippen LogP contribution in [0, 0.1) is 17.2 Å². The molecule has 3 atom stereocenters. The zero-order chi connectivity index (χ0) is 13.7. The van der Waals surface area contributed by atoms with Gasteiger partial charge in [-0.2, -0.15) is 5.26 Å². The third-order valence-corrected chi connectivity index (χ3v) is 4.44. The lowest BCUT2D eigenvalue weighted by molar-refractivity contribution is 0.240. The third-order valence-electron chi connectivity index (χ3n) is 4.44. The number of benzene rings is 1. The molecule has 1 aromatic rings. The highest BCUT2D eigenvalue weighted by molar-refractivity contribution is 5.32. The van der Waals surface area contributed by atoms with Crippen molar-refractivity contribution in [3.63, 3.8) is 0 Å². The molecule has 1 aliphatic rings.